The molecular weight excluding hydrogens is 290 g/mol. The molecule has 0 spiro atoms. The van der Waals surface area contributed by atoms with Crippen LogP contribution < -0.4 is 15.2 Å². The molecule has 0 radical (unpaired) electrons. The Bertz CT molecular complexity index is 700. The van der Waals surface area contributed by atoms with Gasteiger partial charge in [0, 0.05) is 24.8 Å². The largest absolute Gasteiger partial charge is 0.496 e. The number of para-hydroxylation sites is 1. The van der Waals surface area contributed by atoms with Gasteiger partial charge in [0.05, 0.1) is 7.11 Å². The molecule has 7 heteroatoms. The molecule has 6 nitrogen and oxygen atoms in total. The van der Waals surface area contributed by atoms with E-state index in [-0.39, 0.29) is 11.6 Å². The third-order valence-corrected chi connectivity index (χ3v) is 4.27. The number of methoxy groups -OCH3 is 1. The molecule has 0 atom stereocenters. The summed E-state index contributed by atoms with van der Waals surface area (Å²) in [5.74, 6) is 0.631. The maximum atomic E-state index is 12.2. The number of benzene rings is 1. The summed E-state index contributed by atoms with van der Waals surface area (Å²) >= 11 is 0. The number of aromatic nitrogens is 1. The Kier molecular flexibility index (Phi) is 4.89. The van der Waals surface area contributed by atoms with Crippen LogP contribution in [-0.4, -0.2) is 20.5 Å². The lowest BCUT2D eigenvalue weighted by molar-refractivity contribution is 0.409. The Morgan fingerprint density at radius 2 is 2.00 bits per heavy atom. The summed E-state index contributed by atoms with van der Waals surface area (Å²) in [4.78, 5) is 3.91. The Hall–Kier alpha value is -1.96. The fourth-order valence-electron chi connectivity index (χ4n) is 1.79. The lowest BCUT2D eigenvalue weighted by atomic mass is 10.2. The second-order valence-electron chi connectivity index (χ2n) is 4.35. The molecule has 0 amide bonds. The minimum Gasteiger partial charge on any atom is -0.496 e. The topological polar surface area (TPSA) is 94.3 Å². The van der Waals surface area contributed by atoms with Crippen molar-refractivity contribution in [3.05, 3.63) is 53.7 Å². The highest BCUT2D eigenvalue weighted by Gasteiger charge is 2.16. The van der Waals surface area contributed by atoms with Crippen molar-refractivity contribution >= 4 is 10.0 Å². The van der Waals surface area contributed by atoms with Crippen LogP contribution in [-0.2, 0) is 23.1 Å². The monoisotopic (exact) mass is 307 g/mol. The summed E-state index contributed by atoms with van der Waals surface area (Å²) in [7, 11) is -2.12. The number of nitrogens with one attached hydrogen (secondary N) is 1. The van der Waals surface area contributed by atoms with E-state index >= 15 is 0 Å². The number of sulfonamides is 1. The van der Waals surface area contributed by atoms with Crippen LogP contribution in [0.25, 0.3) is 0 Å². The van der Waals surface area contributed by atoms with Crippen LogP contribution >= 0.6 is 0 Å². The Morgan fingerprint density at radius 3 is 2.62 bits per heavy atom. The van der Waals surface area contributed by atoms with Crippen molar-refractivity contribution < 1.29 is 13.2 Å². The van der Waals surface area contributed by atoms with E-state index in [1.165, 1.54) is 12.3 Å². The molecule has 0 fully saturated rings. The predicted octanol–water partition coefficient (Wildman–Crippen LogP) is 1.03. The van der Waals surface area contributed by atoms with Crippen molar-refractivity contribution in [2.24, 2.45) is 5.73 Å². The lowest BCUT2D eigenvalue weighted by Gasteiger charge is -2.10. The van der Waals surface area contributed by atoms with Gasteiger partial charge in [-0.2, -0.15) is 0 Å². The average Bonchev–Trinajstić information content (AvgIpc) is 2.53. The van der Waals surface area contributed by atoms with Crippen molar-refractivity contribution in [3.8, 4) is 5.75 Å². The maximum Gasteiger partial charge on any atom is 0.258 e. The molecule has 1 aromatic carbocycles. The van der Waals surface area contributed by atoms with Crippen molar-refractivity contribution in [1.82, 2.24) is 9.71 Å². The molecule has 0 saturated heterocycles. The summed E-state index contributed by atoms with van der Waals surface area (Å²) in [5, 5.41) is -0.0328. The van der Waals surface area contributed by atoms with Crippen LogP contribution in [0.1, 0.15) is 11.1 Å². The molecule has 1 aromatic heterocycles. The highest BCUT2D eigenvalue weighted by Crippen LogP contribution is 2.17. The minimum atomic E-state index is -3.67. The fraction of sp³-hybridized carbons (Fsp3) is 0.214. The van der Waals surface area contributed by atoms with Crippen LogP contribution in [0.15, 0.2) is 47.6 Å². The molecule has 21 heavy (non-hydrogen) atoms. The quantitative estimate of drug-likeness (QED) is 0.831. The van der Waals surface area contributed by atoms with Crippen LogP contribution in [0, 0.1) is 0 Å². The number of nitrogens with zero attached hydrogens (tertiary/aromatic N) is 1. The summed E-state index contributed by atoms with van der Waals surface area (Å²) in [6.45, 7) is 0.453. The van der Waals surface area contributed by atoms with Gasteiger partial charge in [-0.05, 0) is 17.7 Å². The molecule has 2 rings (SSSR count). The van der Waals surface area contributed by atoms with E-state index in [4.69, 9.17) is 10.5 Å². The Labute approximate surface area is 124 Å². The fourth-order valence-corrected chi connectivity index (χ4v) is 2.72. The third kappa shape index (κ3) is 3.78. The number of hydrogen-bond acceptors (Lipinski definition) is 5. The molecule has 0 unspecified atom stereocenters. The molecule has 0 aliphatic rings. The number of nitrogens with two attached hydrogens (primary N) is 1. The molecule has 1 heterocycles. The van der Waals surface area contributed by atoms with Gasteiger partial charge in [0.25, 0.3) is 10.0 Å². The van der Waals surface area contributed by atoms with Crippen molar-refractivity contribution in [1.29, 1.82) is 0 Å². The Morgan fingerprint density at radius 1 is 1.24 bits per heavy atom. The van der Waals surface area contributed by atoms with Crippen LogP contribution in [0.5, 0.6) is 5.75 Å². The van der Waals surface area contributed by atoms with E-state index in [1.807, 2.05) is 12.1 Å². The summed E-state index contributed by atoms with van der Waals surface area (Å²) < 4.78 is 32.0. The first kappa shape index (κ1) is 15.4. The van der Waals surface area contributed by atoms with Crippen LogP contribution in [0.3, 0.4) is 0 Å². The smallest absolute Gasteiger partial charge is 0.258 e. The summed E-state index contributed by atoms with van der Waals surface area (Å²) in [6.07, 6.45) is 1.46. The standard InChI is InChI=1S/C14H17N3O3S/c1-20-13-5-3-2-4-12(13)10-17-21(18,19)14-7-6-11(8-15)9-16-14/h2-7,9,17H,8,10,15H2,1H3. The van der Waals surface area contributed by atoms with Gasteiger partial charge in [0.1, 0.15) is 5.75 Å². The van der Waals surface area contributed by atoms with Crippen molar-refractivity contribution in [2.45, 2.75) is 18.1 Å². The van der Waals surface area contributed by atoms with E-state index in [0.29, 0.717) is 12.3 Å². The molecular formula is C14H17N3O3S. The van der Waals surface area contributed by atoms with Gasteiger partial charge in [-0.15, -0.1) is 0 Å². The summed E-state index contributed by atoms with van der Waals surface area (Å²) in [6, 6.07) is 10.3. The van der Waals surface area contributed by atoms with Gasteiger partial charge in [-0.3, -0.25) is 0 Å². The number of hydrogen-bond donors (Lipinski definition) is 2. The second-order valence-corrected chi connectivity index (χ2v) is 6.06. The SMILES string of the molecule is COc1ccccc1CNS(=O)(=O)c1ccc(CN)cn1. The van der Waals surface area contributed by atoms with Crippen LogP contribution in [0.2, 0.25) is 0 Å². The van der Waals surface area contributed by atoms with Gasteiger partial charge in [0.2, 0.25) is 0 Å². The highest BCUT2D eigenvalue weighted by atomic mass is 32.2. The van der Waals surface area contributed by atoms with E-state index in [0.717, 1.165) is 11.1 Å². The van der Waals surface area contributed by atoms with Crippen LogP contribution in [0.4, 0.5) is 0 Å². The molecule has 0 bridgehead atoms. The van der Waals surface area contributed by atoms with E-state index in [1.54, 1.807) is 25.3 Å². The molecule has 0 aliphatic carbocycles. The molecule has 2 aromatic rings. The first-order chi connectivity index (χ1) is 10.1. The maximum absolute atomic E-state index is 12.2. The first-order valence-electron chi connectivity index (χ1n) is 6.33. The van der Waals surface area contributed by atoms with Crippen molar-refractivity contribution in [2.75, 3.05) is 7.11 Å². The number of ether oxygens (including phenoxy) is 1. The molecule has 112 valence electrons. The number of pyridine rings is 1. The van der Waals surface area contributed by atoms with E-state index in [9.17, 15) is 8.42 Å². The van der Waals surface area contributed by atoms with E-state index < -0.39 is 10.0 Å². The highest BCUT2D eigenvalue weighted by molar-refractivity contribution is 7.89. The molecule has 0 aliphatic heterocycles. The second kappa shape index (κ2) is 6.66. The normalized spacial score (nSPS) is 11.3. The zero-order chi connectivity index (χ0) is 15.3. The van der Waals surface area contributed by atoms with Crippen molar-refractivity contribution in [3.63, 3.8) is 0 Å². The minimum absolute atomic E-state index is 0.0328. The number of rotatable bonds is 6. The molecule has 3 N–H and O–H groups in total. The zero-order valence-electron chi connectivity index (χ0n) is 11.6. The third-order valence-electron chi connectivity index (χ3n) is 2.95. The van der Waals surface area contributed by atoms with Gasteiger partial charge < -0.3 is 10.5 Å². The lowest BCUT2D eigenvalue weighted by Crippen LogP contribution is -2.24. The first-order valence-corrected chi connectivity index (χ1v) is 7.81. The van der Waals surface area contributed by atoms with Gasteiger partial charge in [-0.25, -0.2) is 18.1 Å². The van der Waals surface area contributed by atoms with Gasteiger partial charge >= 0.3 is 0 Å². The zero-order valence-corrected chi connectivity index (χ0v) is 12.4. The Balaban J connectivity index is 2.13. The van der Waals surface area contributed by atoms with E-state index in [2.05, 4.69) is 9.71 Å². The predicted molar refractivity (Wildman–Crippen MR) is 79.1 cm³/mol. The summed E-state index contributed by atoms with van der Waals surface area (Å²) in [5.41, 5.74) is 6.99. The molecule has 0 saturated carbocycles. The average molecular weight is 307 g/mol. The van der Waals surface area contributed by atoms with Gasteiger partial charge in [0.15, 0.2) is 5.03 Å². The van der Waals surface area contributed by atoms with Gasteiger partial charge in [-0.1, -0.05) is 24.3 Å².